The number of hydrogen-bond acceptors (Lipinski definition) is 0. The summed E-state index contributed by atoms with van der Waals surface area (Å²) in [5.74, 6) is 0.493. The molecule has 0 saturated carbocycles. The van der Waals surface area contributed by atoms with Gasteiger partial charge in [-0.05, 0) is 92.9 Å². The first kappa shape index (κ1) is 23.8. The van der Waals surface area contributed by atoms with E-state index in [1.807, 2.05) is 0 Å². The predicted molar refractivity (Wildman–Crippen MR) is 161 cm³/mol. The minimum Gasteiger partial charge on any atom is -0.0877 e. The maximum atomic E-state index is 2.40. The van der Waals surface area contributed by atoms with Gasteiger partial charge in [0.2, 0.25) is 0 Å². The SMILES string of the molecule is C/C=C/C=C(C)\C=C/c1c2ccc(-c3cccc4ccccc34)cc2c(C)c2ccc(C(C)C)cc12. The fourth-order valence-corrected chi connectivity index (χ4v) is 5.19. The lowest BCUT2D eigenvalue weighted by Crippen LogP contribution is -1.93. The highest BCUT2D eigenvalue weighted by Crippen LogP contribution is 2.38. The van der Waals surface area contributed by atoms with Crippen molar-refractivity contribution in [2.24, 2.45) is 0 Å². The first-order valence-electron chi connectivity index (χ1n) is 12.9. The predicted octanol–water partition coefficient (Wildman–Crippen LogP) is 10.8. The van der Waals surface area contributed by atoms with E-state index in [-0.39, 0.29) is 0 Å². The molecule has 0 bridgehead atoms. The Hall–Kier alpha value is -3.90. The highest BCUT2D eigenvalue weighted by Gasteiger charge is 2.13. The second kappa shape index (κ2) is 9.99. The number of hydrogen-bond donors (Lipinski definition) is 0. The number of rotatable bonds is 5. The molecule has 0 aliphatic rings. The summed E-state index contributed by atoms with van der Waals surface area (Å²) in [6.07, 6.45) is 10.9. The molecule has 0 aliphatic heterocycles. The van der Waals surface area contributed by atoms with Crippen LogP contribution in [0.1, 0.15) is 50.3 Å². The van der Waals surface area contributed by atoms with Gasteiger partial charge in [0, 0.05) is 0 Å². The molecule has 0 heteroatoms. The number of aryl methyl sites for hydroxylation is 1. The molecule has 0 heterocycles. The minimum atomic E-state index is 0.493. The summed E-state index contributed by atoms with van der Waals surface area (Å²) in [7, 11) is 0. The monoisotopic (exact) mass is 466 g/mol. The van der Waals surface area contributed by atoms with Crippen LogP contribution in [-0.2, 0) is 0 Å². The number of fused-ring (bicyclic) bond motifs is 3. The Labute approximate surface area is 215 Å². The molecule has 0 aliphatic carbocycles. The highest BCUT2D eigenvalue weighted by atomic mass is 14.2. The van der Waals surface area contributed by atoms with Crippen LogP contribution >= 0.6 is 0 Å². The summed E-state index contributed by atoms with van der Waals surface area (Å²) in [4.78, 5) is 0. The molecule has 5 aromatic carbocycles. The molecule has 0 saturated heterocycles. The van der Waals surface area contributed by atoms with Crippen LogP contribution in [0.3, 0.4) is 0 Å². The van der Waals surface area contributed by atoms with E-state index >= 15 is 0 Å². The average molecular weight is 467 g/mol. The maximum Gasteiger partial charge on any atom is -0.00990 e. The molecule has 0 atom stereocenters. The van der Waals surface area contributed by atoms with Crippen molar-refractivity contribution < 1.29 is 0 Å². The van der Waals surface area contributed by atoms with Gasteiger partial charge in [-0.15, -0.1) is 0 Å². The van der Waals surface area contributed by atoms with Gasteiger partial charge in [-0.25, -0.2) is 0 Å². The van der Waals surface area contributed by atoms with Gasteiger partial charge in [-0.3, -0.25) is 0 Å². The van der Waals surface area contributed by atoms with E-state index in [0.29, 0.717) is 5.92 Å². The first-order valence-corrected chi connectivity index (χ1v) is 12.9. The Morgan fingerprint density at radius 3 is 2.33 bits per heavy atom. The fraction of sp³-hybridized carbons (Fsp3) is 0.167. The fourth-order valence-electron chi connectivity index (χ4n) is 5.19. The van der Waals surface area contributed by atoms with Gasteiger partial charge >= 0.3 is 0 Å². The zero-order valence-corrected chi connectivity index (χ0v) is 22.0. The number of benzene rings is 5. The average Bonchev–Trinajstić information content (AvgIpc) is 2.91. The molecule has 0 spiro atoms. The van der Waals surface area contributed by atoms with Gasteiger partial charge < -0.3 is 0 Å². The standard InChI is InChI=1S/C36H34/c1-6-7-11-25(4)16-19-34-33-21-18-29(32-15-10-13-27-12-8-9-14-31(27)32)23-35(33)26(5)30-20-17-28(24(2)3)22-36(30)34/h6-24H,1-5H3/b7-6+,19-16-,25-11-. The lowest BCUT2D eigenvalue weighted by atomic mass is 9.87. The molecule has 5 aromatic rings. The first-order chi connectivity index (χ1) is 17.5. The van der Waals surface area contributed by atoms with E-state index in [1.54, 1.807) is 0 Å². The quantitative estimate of drug-likeness (QED) is 0.178. The third kappa shape index (κ3) is 4.40. The van der Waals surface area contributed by atoms with Crippen LogP contribution in [0.25, 0.3) is 49.5 Å². The van der Waals surface area contributed by atoms with E-state index in [1.165, 1.54) is 65.7 Å². The van der Waals surface area contributed by atoms with Crippen molar-refractivity contribution in [3.05, 3.63) is 125 Å². The molecule has 0 nitrogen and oxygen atoms in total. The Morgan fingerprint density at radius 1 is 0.750 bits per heavy atom. The molecule has 0 unspecified atom stereocenters. The molecular formula is C36H34. The smallest absolute Gasteiger partial charge is 0.00990 e. The summed E-state index contributed by atoms with van der Waals surface area (Å²) in [6.45, 7) is 11.0. The lowest BCUT2D eigenvalue weighted by molar-refractivity contribution is 0.869. The van der Waals surface area contributed by atoms with Crippen LogP contribution in [0.5, 0.6) is 0 Å². The Balaban J connectivity index is 1.80. The third-order valence-corrected chi connectivity index (χ3v) is 7.28. The van der Waals surface area contributed by atoms with E-state index in [4.69, 9.17) is 0 Å². The largest absolute Gasteiger partial charge is 0.0877 e. The van der Waals surface area contributed by atoms with Gasteiger partial charge in [-0.1, -0.05) is 123 Å². The van der Waals surface area contributed by atoms with Crippen molar-refractivity contribution >= 4 is 38.4 Å². The van der Waals surface area contributed by atoms with Gasteiger partial charge in [0.1, 0.15) is 0 Å². The van der Waals surface area contributed by atoms with Gasteiger partial charge in [0.05, 0.1) is 0 Å². The van der Waals surface area contributed by atoms with Gasteiger partial charge in [0.25, 0.3) is 0 Å². The van der Waals surface area contributed by atoms with Crippen LogP contribution in [0.4, 0.5) is 0 Å². The van der Waals surface area contributed by atoms with Crippen LogP contribution in [0, 0.1) is 6.92 Å². The van der Waals surface area contributed by atoms with Crippen LogP contribution in [0.15, 0.2) is 109 Å². The Bertz CT molecular complexity index is 1670. The van der Waals surface area contributed by atoms with E-state index in [0.717, 1.165) is 0 Å². The zero-order valence-electron chi connectivity index (χ0n) is 22.0. The van der Waals surface area contributed by atoms with Crippen molar-refractivity contribution in [1.82, 2.24) is 0 Å². The van der Waals surface area contributed by atoms with E-state index in [9.17, 15) is 0 Å². The van der Waals surface area contributed by atoms with E-state index < -0.39 is 0 Å². The summed E-state index contributed by atoms with van der Waals surface area (Å²) in [5.41, 5.74) is 7.81. The normalized spacial score (nSPS) is 12.8. The molecule has 0 aromatic heterocycles. The molecule has 0 fully saturated rings. The Morgan fingerprint density at radius 2 is 1.53 bits per heavy atom. The molecule has 36 heavy (non-hydrogen) atoms. The molecule has 178 valence electrons. The van der Waals surface area contributed by atoms with Crippen LogP contribution in [0.2, 0.25) is 0 Å². The van der Waals surface area contributed by atoms with Crippen molar-refractivity contribution in [1.29, 1.82) is 0 Å². The van der Waals surface area contributed by atoms with E-state index in [2.05, 4.69) is 144 Å². The van der Waals surface area contributed by atoms with Crippen molar-refractivity contribution in [3.8, 4) is 11.1 Å². The molecular weight excluding hydrogens is 432 g/mol. The van der Waals surface area contributed by atoms with Crippen LogP contribution in [-0.4, -0.2) is 0 Å². The molecule has 0 amide bonds. The number of allylic oxidation sites excluding steroid dienone is 5. The zero-order chi connectivity index (χ0) is 25.2. The third-order valence-electron chi connectivity index (χ3n) is 7.28. The minimum absolute atomic E-state index is 0.493. The summed E-state index contributed by atoms with van der Waals surface area (Å²) < 4.78 is 0. The summed E-state index contributed by atoms with van der Waals surface area (Å²) in [5, 5.41) is 7.86. The lowest BCUT2D eigenvalue weighted by Gasteiger charge is -2.17. The van der Waals surface area contributed by atoms with Gasteiger partial charge in [0.15, 0.2) is 0 Å². The highest BCUT2D eigenvalue weighted by molar-refractivity contribution is 6.11. The second-order valence-electron chi connectivity index (χ2n) is 10.1. The topological polar surface area (TPSA) is 0 Å². The molecule has 5 rings (SSSR count). The summed E-state index contributed by atoms with van der Waals surface area (Å²) >= 11 is 0. The maximum absolute atomic E-state index is 2.40. The van der Waals surface area contributed by atoms with Crippen molar-refractivity contribution in [2.45, 2.75) is 40.5 Å². The molecule has 0 N–H and O–H groups in total. The summed E-state index contributed by atoms with van der Waals surface area (Å²) in [6, 6.07) is 29.3. The van der Waals surface area contributed by atoms with Gasteiger partial charge in [-0.2, -0.15) is 0 Å². The van der Waals surface area contributed by atoms with Crippen molar-refractivity contribution in [3.63, 3.8) is 0 Å². The molecule has 0 radical (unpaired) electrons. The second-order valence-corrected chi connectivity index (χ2v) is 10.1. The van der Waals surface area contributed by atoms with Crippen LogP contribution < -0.4 is 0 Å². The van der Waals surface area contributed by atoms with Crippen molar-refractivity contribution in [2.75, 3.05) is 0 Å². The Kier molecular flexibility index (Phi) is 6.61.